The van der Waals surface area contributed by atoms with Crippen molar-refractivity contribution in [3.63, 3.8) is 0 Å². The van der Waals surface area contributed by atoms with Crippen LogP contribution in [0.15, 0.2) is 30.4 Å². The predicted octanol–water partition coefficient (Wildman–Crippen LogP) is 2.99. The Balaban J connectivity index is 1.34. The zero-order valence-corrected chi connectivity index (χ0v) is 15.2. The Morgan fingerprint density at radius 3 is 2.31 bits per heavy atom. The summed E-state index contributed by atoms with van der Waals surface area (Å²) >= 11 is 12.0. The Bertz CT molecular complexity index is 848. The molecule has 1 aliphatic heterocycles. The van der Waals surface area contributed by atoms with Crippen LogP contribution >= 0.6 is 23.2 Å². The first-order valence-electron chi connectivity index (χ1n) is 8.75. The molecule has 5 nitrogen and oxygen atoms in total. The van der Waals surface area contributed by atoms with Gasteiger partial charge in [0.2, 0.25) is 17.7 Å². The standard InChI is InChI=1S/C19H16Cl2N2O3/c20-12-2-1-3-13(17(12)21)22-14(24)7-23-18(25)15-8-4-5-9(11-6-10(8)11)16(15)19(23)26/h1-5,8-11,15-16H,6-7H2,(H,22,24)/t8-,9+,10-,11-,15+,16-/m1/s1. The molecule has 1 aromatic carbocycles. The molecule has 2 bridgehead atoms. The average Bonchev–Trinajstić information content (AvgIpc) is 3.40. The van der Waals surface area contributed by atoms with Gasteiger partial charge < -0.3 is 5.32 Å². The number of halogens is 2. The van der Waals surface area contributed by atoms with Gasteiger partial charge in [-0.1, -0.05) is 41.4 Å². The van der Waals surface area contributed by atoms with E-state index in [9.17, 15) is 14.4 Å². The van der Waals surface area contributed by atoms with Crippen molar-refractivity contribution >= 4 is 46.6 Å². The molecule has 2 saturated carbocycles. The maximum absolute atomic E-state index is 12.9. The topological polar surface area (TPSA) is 66.5 Å². The summed E-state index contributed by atoms with van der Waals surface area (Å²) in [5.41, 5.74) is 0.364. The SMILES string of the molecule is O=C(CN1C(=O)[C@@H]2[C@H]3C=C[C@H]([C@H]4C[C@H]34)[C@@H]2C1=O)Nc1cccc(Cl)c1Cl. The minimum absolute atomic E-state index is 0.155. The smallest absolute Gasteiger partial charge is 0.244 e. The molecule has 5 aliphatic rings. The van der Waals surface area contributed by atoms with Crippen LogP contribution in [0.4, 0.5) is 5.69 Å². The van der Waals surface area contributed by atoms with E-state index < -0.39 is 5.91 Å². The summed E-state index contributed by atoms with van der Waals surface area (Å²) < 4.78 is 0. The van der Waals surface area contributed by atoms with E-state index in [-0.39, 0.29) is 47.1 Å². The van der Waals surface area contributed by atoms with Crippen LogP contribution in [0.25, 0.3) is 0 Å². The fraction of sp³-hybridized carbons (Fsp3) is 0.421. The van der Waals surface area contributed by atoms with Gasteiger partial charge in [-0.15, -0.1) is 0 Å². The molecule has 0 aromatic heterocycles. The van der Waals surface area contributed by atoms with Crippen LogP contribution < -0.4 is 5.32 Å². The minimum Gasteiger partial charge on any atom is -0.323 e. The molecular weight excluding hydrogens is 375 g/mol. The molecular formula is C19H16Cl2N2O3. The zero-order chi connectivity index (χ0) is 18.2. The number of rotatable bonds is 3. The van der Waals surface area contributed by atoms with Crippen LogP contribution in [0.2, 0.25) is 10.0 Å². The molecule has 1 aromatic rings. The third-order valence-corrected chi connectivity index (χ3v) is 7.10. The van der Waals surface area contributed by atoms with Gasteiger partial charge in [0.25, 0.3) is 0 Å². The molecule has 134 valence electrons. The van der Waals surface area contributed by atoms with Crippen molar-refractivity contribution in [3.8, 4) is 0 Å². The molecule has 6 rings (SSSR count). The van der Waals surface area contributed by atoms with Crippen molar-refractivity contribution in [1.82, 2.24) is 4.90 Å². The fourth-order valence-electron chi connectivity index (χ4n) is 5.11. The van der Waals surface area contributed by atoms with Crippen LogP contribution in [0, 0.1) is 35.5 Å². The van der Waals surface area contributed by atoms with E-state index >= 15 is 0 Å². The summed E-state index contributed by atoms with van der Waals surface area (Å²) in [5.74, 6) is -0.0606. The van der Waals surface area contributed by atoms with Crippen LogP contribution in [-0.4, -0.2) is 29.2 Å². The molecule has 1 N–H and O–H groups in total. The van der Waals surface area contributed by atoms with Crippen LogP contribution in [0.5, 0.6) is 0 Å². The molecule has 3 amide bonds. The van der Waals surface area contributed by atoms with Gasteiger partial charge in [0.15, 0.2) is 0 Å². The highest BCUT2D eigenvalue weighted by Crippen LogP contribution is 2.65. The molecule has 6 atom stereocenters. The highest BCUT2D eigenvalue weighted by atomic mass is 35.5. The second-order valence-corrected chi connectivity index (χ2v) is 8.35. The van der Waals surface area contributed by atoms with E-state index in [1.165, 1.54) is 0 Å². The molecule has 4 aliphatic carbocycles. The number of benzene rings is 1. The zero-order valence-electron chi connectivity index (χ0n) is 13.7. The van der Waals surface area contributed by atoms with E-state index in [4.69, 9.17) is 23.2 Å². The van der Waals surface area contributed by atoms with Crippen LogP contribution in [-0.2, 0) is 14.4 Å². The summed E-state index contributed by atoms with van der Waals surface area (Å²) in [7, 11) is 0. The fourth-order valence-corrected chi connectivity index (χ4v) is 5.46. The van der Waals surface area contributed by atoms with Gasteiger partial charge in [0, 0.05) is 0 Å². The molecule has 1 heterocycles. The van der Waals surface area contributed by atoms with Gasteiger partial charge in [0.05, 0.1) is 27.6 Å². The quantitative estimate of drug-likeness (QED) is 0.637. The lowest BCUT2D eigenvalue weighted by atomic mass is 9.63. The normalized spacial score (nSPS) is 36.2. The number of likely N-dealkylation sites (tertiary alicyclic amines) is 1. The van der Waals surface area contributed by atoms with Gasteiger partial charge in [-0.2, -0.15) is 0 Å². The van der Waals surface area contributed by atoms with E-state index in [1.54, 1.807) is 18.2 Å². The average molecular weight is 391 g/mol. The maximum atomic E-state index is 12.9. The molecule has 0 radical (unpaired) electrons. The second kappa shape index (κ2) is 5.57. The maximum Gasteiger partial charge on any atom is 0.244 e. The summed E-state index contributed by atoms with van der Waals surface area (Å²) in [6, 6.07) is 4.91. The number of hydrogen-bond donors (Lipinski definition) is 1. The summed E-state index contributed by atoms with van der Waals surface area (Å²) in [4.78, 5) is 39.2. The number of carbonyl (C=O) groups excluding carboxylic acids is 3. The number of amides is 3. The summed E-state index contributed by atoms with van der Waals surface area (Å²) in [5, 5.41) is 3.20. The molecule has 0 unspecified atom stereocenters. The third kappa shape index (κ3) is 2.20. The second-order valence-electron chi connectivity index (χ2n) is 7.57. The number of allylic oxidation sites excluding steroid dienone is 2. The lowest BCUT2D eigenvalue weighted by molar-refractivity contribution is -0.142. The Kier molecular flexibility index (Phi) is 3.50. The Hall–Kier alpha value is -1.85. The number of nitrogens with one attached hydrogen (secondary N) is 1. The predicted molar refractivity (Wildman–Crippen MR) is 96.5 cm³/mol. The molecule has 26 heavy (non-hydrogen) atoms. The van der Waals surface area contributed by atoms with Crippen molar-refractivity contribution in [2.45, 2.75) is 6.42 Å². The highest BCUT2D eigenvalue weighted by molar-refractivity contribution is 6.44. The first-order chi connectivity index (χ1) is 12.5. The Morgan fingerprint density at radius 1 is 1.08 bits per heavy atom. The van der Waals surface area contributed by atoms with E-state index in [0.29, 0.717) is 22.5 Å². The van der Waals surface area contributed by atoms with Crippen molar-refractivity contribution in [2.75, 3.05) is 11.9 Å². The van der Waals surface area contributed by atoms with E-state index in [2.05, 4.69) is 17.5 Å². The van der Waals surface area contributed by atoms with E-state index in [1.807, 2.05) is 0 Å². The van der Waals surface area contributed by atoms with Gasteiger partial charge in [-0.05, 0) is 42.2 Å². The third-order valence-electron chi connectivity index (χ3n) is 6.28. The summed E-state index contributed by atoms with van der Waals surface area (Å²) in [6.45, 7) is -0.289. The number of imide groups is 1. The molecule has 0 spiro atoms. The monoisotopic (exact) mass is 390 g/mol. The molecule has 3 fully saturated rings. The number of nitrogens with zero attached hydrogens (tertiary/aromatic N) is 1. The van der Waals surface area contributed by atoms with Gasteiger partial charge in [0.1, 0.15) is 6.54 Å². The van der Waals surface area contributed by atoms with Crippen molar-refractivity contribution in [3.05, 3.63) is 40.4 Å². The molecule has 1 saturated heterocycles. The Labute approximate surface area is 160 Å². The van der Waals surface area contributed by atoms with Crippen LogP contribution in [0.1, 0.15) is 6.42 Å². The van der Waals surface area contributed by atoms with Crippen molar-refractivity contribution < 1.29 is 14.4 Å². The number of hydrogen-bond acceptors (Lipinski definition) is 3. The van der Waals surface area contributed by atoms with Gasteiger partial charge >= 0.3 is 0 Å². The minimum atomic E-state index is -0.458. The largest absolute Gasteiger partial charge is 0.323 e. The highest BCUT2D eigenvalue weighted by Gasteiger charge is 2.67. The number of carbonyl (C=O) groups is 3. The number of anilines is 1. The van der Waals surface area contributed by atoms with Gasteiger partial charge in [-0.3, -0.25) is 19.3 Å². The first-order valence-corrected chi connectivity index (χ1v) is 9.50. The van der Waals surface area contributed by atoms with Gasteiger partial charge in [-0.25, -0.2) is 0 Å². The van der Waals surface area contributed by atoms with E-state index in [0.717, 1.165) is 11.3 Å². The lowest BCUT2D eigenvalue weighted by Crippen LogP contribution is -2.40. The Morgan fingerprint density at radius 2 is 1.69 bits per heavy atom. The first kappa shape index (κ1) is 16.3. The van der Waals surface area contributed by atoms with Crippen LogP contribution in [0.3, 0.4) is 0 Å². The van der Waals surface area contributed by atoms with Crippen molar-refractivity contribution in [2.24, 2.45) is 35.5 Å². The molecule has 7 heteroatoms. The summed E-state index contributed by atoms with van der Waals surface area (Å²) in [6.07, 6.45) is 5.34. The van der Waals surface area contributed by atoms with Crippen molar-refractivity contribution in [1.29, 1.82) is 0 Å². The lowest BCUT2D eigenvalue weighted by Gasteiger charge is -2.37.